The van der Waals surface area contributed by atoms with Crippen molar-refractivity contribution >= 4 is 11.8 Å². The van der Waals surface area contributed by atoms with Crippen LogP contribution in [0.5, 0.6) is 0 Å². The first-order valence-corrected chi connectivity index (χ1v) is 3.56. The molecule has 0 aromatic carbocycles. The van der Waals surface area contributed by atoms with Crippen molar-refractivity contribution in [2.24, 2.45) is 5.41 Å². The Bertz CT molecular complexity index is 289. The van der Waals surface area contributed by atoms with E-state index in [2.05, 4.69) is 0 Å². The fourth-order valence-corrected chi connectivity index (χ4v) is 1.32. The number of ketones is 1. The Morgan fingerprint density at radius 1 is 1.58 bits per heavy atom. The predicted molar refractivity (Wildman–Crippen MR) is 40.7 cm³/mol. The fraction of sp³-hybridized carbons (Fsp3) is 0.500. The molecule has 12 heavy (non-hydrogen) atoms. The van der Waals surface area contributed by atoms with Crippen molar-refractivity contribution in [2.75, 3.05) is 0 Å². The molecule has 0 amide bonds. The highest BCUT2D eigenvalue weighted by Crippen LogP contribution is 2.37. The van der Waals surface area contributed by atoms with Gasteiger partial charge in [0.05, 0.1) is 0 Å². The zero-order chi connectivity index (χ0) is 9.52. The SMILES string of the molecule is CC1=C(O)C(=O)C(C)(C(=O)O)C1. The average molecular weight is 170 g/mol. The first kappa shape index (κ1) is 8.77. The van der Waals surface area contributed by atoms with Crippen molar-refractivity contribution in [3.05, 3.63) is 11.3 Å². The van der Waals surface area contributed by atoms with Gasteiger partial charge >= 0.3 is 5.97 Å². The monoisotopic (exact) mass is 170 g/mol. The van der Waals surface area contributed by atoms with Gasteiger partial charge in [0.15, 0.2) is 5.76 Å². The van der Waals surface area contributed by atoms with E-state index in [1.165, 1.54) is 6.92 Å². The summed E-state index contributed by atoms with van der Waals surface area (Å²) in [6.45, 7) is 2.88. The van der Waals surface area contributed by atoms with Gasteiger partial charge in [-0.3, -0.25) is 9.59 Å². The van der Waals surface area contributed by atoms with Crippen LogP contribution in [-0.2, 0) is 9.59 Å². The highest BCUT2D eigenvalue weighted by molar-refractivity contribution is 6.12. The molecule has 0 saturated heterocycles. The third kappa shape index (κ3) is 0.913. The van der Waals surface area contributed by atoms with Crippen LogP contribution in [-0.4, -0.2) is 22.0 Å². The molecule has 0 aromatic rings. The summed E-state index contributed by atoms with van der Waals surface area (Å²) in [4.78, 5) is 21.9. The molecule has 0 aromatic heterocycles. The Morgan fingerprint density at radius 2 is 2.08 bits per heavy atom. The van der Waals surface area contributed by atoms with Gasteiger partial charge in [0.2, 0.25) is 5.78 Å². The minimum absolute atomic E-state index is 0.104. The number of rotatable bonds is 1. The van der Waals surface area contributed by atoms with Gasteiger partial charge in [-0.15, -0.1) is 0 Å². The first-order valence-electron chi connectivity index (χ1n) is 3.56. The molecule has 0 heterocycles. The van der Waals surface area contributed by atoms with Crippen LogP contribution in [0, 0.1) is 5.41 Å². The second kappa shape index (κ2) is 2.33. The number of carbonyl (C=O) groups excluding carboxylic acids is 1. The lowest BCUT2D eigenvalue weighted by Gasteiger charge is -2.14. The van der Waals surface area contributed by atoms with E-state index in [1.807, 2.05) is 0 Å². The van der Waals surface area contributed by atoms with Gasteiger partial charge in [0.25, 0.3) is 0 Å². The van der Waals surface area contributed by atoms with Crippen molar-refractivity contribution < 1.29 is 19.8 Å². The minimum atomic E-state index is -1.45. The normalized spacial score (nSPS) is 29.7. The zero-order valence-corrected chi connectivity index (χ0v) is 6.92. The molecule has 4 nitrogen and oxygen atoms in total. The third-order valence-electron chi connectivity index (χ3n) is 2.21. The molecule has 4 heteroatoms. The number of aliphatic hydroxyl groups excluding tert-OH is 1. The molecule has 1 atom stereocenters. The number of hydrogen-bond donors (Lipinski definition) is 2. The Kier molecular flexibility index (Phi) is 1.71. The van der Waals surface area contributed by atoms with Crippen molar-refractivity contribution in [1.82, 2.24) is 0 Å². The van der Waals surface area contributed by atoms with Crippen molar-refractivity contribution in [2.45, 2.75) is 20.3 Å². The van der Waals surface area contributed by atoms with Gasteiger partial charge in [0, 0.05) is 0 Å². The Balaban J connectivity index is 3.08. The van der Waals surface area contributed by atoms with Crippen LogP contribution < -0.4 is 0 Å². The van der Waals surface area contributed by atoms with Crippen molar-refractivity contribution in [1.29, 1.82) is 0 Å². The number of aliphatic hydroxyl groups is 1. The Labute approximate surface area is 69.5 Å². The predicted octanol–water partition coefficient (Wildman–Crippen LogP) is 0.882. The zero-order valence-electron chi connectivity index (χ0n) is 6.92. The lowest BCUT2D eigenvalue weighted by atomic mass is 9.86. The number of carboxylic acid groups (broad SMARTS) is 1. The maximum absolute atomic E-state index is 11.2. The number of carbonyl (C=O) groups is 2. The van der Waals surface area contributed by atoms with Gasteiger partial charge in [-0.05, 0) is 25.8 Å². The maximum atomic E-state index is 11.2. The summed E-state index contributed by atoms with van der Waals surface area (Å²) in [6, 6.07) is 0. The first-order chi connectivity index (χ1) is 5.39. The highest BCUT2D eigenvalue weighted by atomic mass is 16.4. The van der Waals surface area contributed by atoms with Gasteiger partial charge in [-0.2, -0.15) is 0 Å². The van der Waals surface area contributed by atoms with Crippen LogP contribution >= 0.6 is 0 Å². The number of allylic oxidation sites excluding steroid dienone is 2. The molecule has 1 aliphatic rings. The lowest BCUT2D eigenvalue weighted by Crippen LogP contribution is -2.33. The fourth-order valence-electron chi connectivity index (χ4n) is 1.32. The third-order valence-corrected chi connectivity index (χ3v) is 2.21. The van der Waals surface area contributed by atoms with Crippen LogP contribution in [0.1, 0.15) is 20.3 Å². The summed E-state index contributed by atoms with van der Waals surface area (Å²) in [5.41, 5.74) is -1.00. The lowest BCUT2D eigenvalue weighted by molar-refractivity contribution is -0.152. The van der Waals surface area contributed by atoms with E-state index >= 15 is 0 Å². The van der Waals surface area contributed by atoms with Crippen LogP contribution in [0.2, 0.25) is 0 Å². The van der Waals surface area contributed by atoms with Crippen LogP contribution in [0.25, 0.3) is 0 Å². The van der Waals surface area contributed by atoms with E-state index in [0.29, 0.717) is 5.57 Å². The summed E-state index contributed by atoms with van der Waals surface area (Å²) in [7, 11) is 0. The van der Waals surface area contributed by atoms with Crippen LogP contribution in [0.4, 0.5) is 0 Å². The Morgan fingerprint density at radius 3 is 2.25 bits per heavy atom. The van der Waals surface area contributed by atoms with E-state index in [9.17, 15) is 9.59 Å². The number of hydrogen-bond acceptors (Lipinski definition) is 3. The van der Waals surface area contributed by atoms with Crippen molar-refractivity contribution in [3.8, 4) is 0 Å². The number of Topliss-reactive ketones (excluding diaryl/α,β-unsaturated/α-hetero) is 1. The summed E-state index contributed by atoms with van der Waals surface area (Å²) in [5.74, 6) is -2.26. The number of aliphatic carboxylic acids is 1. The standard InChI is InChI=1S/C8H10O4/c1-4-3-8(2,7(11)12)6(10)5(4)9/h9H,3H2,1-2H3,(H,11,12). The molecule has 1 unspecified atom stereocenters. The van der Waals surface area contributed by atoms with Gasteiger partial charge in [-0.1, -0.05) is 0 Å². The average Bonchev–Trinajstić information content (AvgIpc) is 2.17. The second-order valence-electron chi connectivity index (χ2n) is 3.27. The summed E-state index contributed by atoms with van der Waals surface area (Å²) >= 11 is 0. The van der Waals surface area contributed by atoms with Crippen LogP contribution in [0.3, 0.4) is 0 Å². The molecule has 1 rings (SSSR count). The molecule has 0 saturated carbocycles. The van der Waals surface area contributed by atoms with E-state index in [0.717, 1.165) is 0 Å². The highest BCUT2D eigenvalue weighted by Gasteiger charge is 2.48. The van der Waals surface area contributed by atoms with Gasteiger partial charge < -0.3 is 10.2 Å². The molecular weight excluding hydrogens is 160 g/mol. The molecule has 0 aliphatic heterocycles. The summed E-state index contributed by atoms with van der Waals surface area (Å²) in [6.07, 6.45) is 0.104. The second-order valence-corrected chi connectivity index (χ2v) is 3.27. The van der Waals surface area contributed by atoms with Crippen molar-refractivity contribution in [3.63, 3.8) is 0 Å². The molecule has 0 radical (unpaired) electrons. The van der Waals surface area contributed by atoms with Gasteiger partial charge in [0.1, 0.15) is 5.41 Å². The summed E-state index contributed by atoms with van der Waals surface area (Å²) < 4.78 is 0. The molecule has 2 N–H and O–H groups in total. The molecule has 0 bridgehead atoms. The molecular formula is C8H10O4. The topological polar surface area (TPSA) is 74.6 Å². The van der Waals surface area contributed by atoms with E-state index < -0.39 is 17.2 Å². The largest absolute Gasteiger partial charge is 0.504 e. The quantitative estimate of drug-likeness (QED) is 0.573. The molecule has 66 valence electrons. The van der Waals surface area contributed by atoms with Gasteiger partial charge in [-0.25, -0.2) is 0 Å². The summed E-state index contributed by atoms with van der Waals surface area (Å²) in [5, 5.41) is 17.8. The van der Waals surface area contributed by atoms with E-state index in [4.69, 9.17) is 10.2 Å². The Hall–Kier alpha value is -1.32. The van der Waals surface area contributed by atoms with E-state index in [1.54, 1.807) is 6.92 Å². The molecule has 0 spiro atoms. The van der Waals surface area contributed by atoms with Crippen LogP contribution in [0.15, 0.2) is 11.3 Å². The molecule has 1 aliphatic carbocycles. The number of carboxylic acids is 1. The molecule has 0 fully saturated rings. The maximum Gasteiger partial charge on any atom is 0.317 e. The van der Waals surface area contributed by atoms with E-state index in [-0.39, 0.29) is 12.2 Å². The minimum Gasteiger partial charge on any atom is -0.504 e. The smallest absolute Gasteiger partial charge is 0.317 e.